The Morgan fingerprint density at radius 3 is 2.77 bits per heavy atom. The van der Waals surface area contributed by atoms with Gasteiger partial charge >= 0.3 is 0 Å². The fourth-order valence-electron chi connectivity index (χ4n) is 6.66. The molecule has 1 nitrogen and oxygen atoms in total. The molecule has 0 aromatic rings. The summed E-state index contributed by atoms with van der Waals surface area (Å²) in [6.45, 7) is 7.46. The van der Waals surface area contributed by atoms with Crippen molar-refractivity contribution in [2.24, 2.45) is 28.6 Å². The minimum absolute atomic E-state index is 0.0678. The molecule has 1 N–H and O–H groups in total. The molecule has 2 saturated carbocycles. The van der Waals surface area contributed by atoms with Gasteiger partial charge < -0.3 is 5.11 Å². The predicted molar refractivity (Wildman–Crippen MR) is 91.5 cm³/mol. The van der Waals surface area contributed by atoms with Crippen LogP contribution in [0.15, 0.2) is 23.3 Å². The number of allylic oxidation sites excluding steroid dienone is 4. The Balaban J connectivity index is 1.77. The predicted octanol–water partition coefficient (Wildman–Crippen LogP) is 5.26. The first-order chi connectivity index (χ1) is 10.5. The smallest absolute Gasteiger partial charge is 0.0546 e. The Bertz CT molecular complexity index is 530. The van der Waals surface area contributed by atoms with E-state index in [1.165, 1.54) is 38.5 Å². The summed E-state index contributed by atoms with van der Waals surface area (Å²) in [6.07, 6.45) is 14.9. The van der Waals surface area contributed by atoms with Crippen molar-refractivity contribution in [3.05, 3.63) is 23.3 Å². The lowest BCUT2D eigenvalue weighted by molar-refractivity contribution is -0.00198. The van der Waals surface area contributed by atoms with Gasteiger partial charge in [0, 0.05) is 0 Å². The second-order valence-corrected chi connectivity index (χ2v) is 8.99. The Kier molecular flexibility index (Phi) is 3.39. The number of hydrogen-bond acceptors (Lipinski definition) is 1. The molecule has 2 fully saturated rings. The molecule has 0 heterocycles. The van der Waals surface area contributed by atoms with E-state index in [-0.39, 0.29) is 6.10 Å². The van der Waals surface area contributed by atoms with Crippen molar-refractivity contribution in [1.82, 2.24) is 0 Å². The van der Waals surface area contributed by atoms with Crippen LogP contribution in [0.1, 0.15) is 72.1 Å². The van der Waals surface area contributed by atoms with Crippen LogP contribution in [-0.2, 0) is 0 Å². The monoisotopic (exact) mass is 300 g/mol. The molecule has 0 amide bonds. The van der Waals surface area contributed by atoms with E-state index in [4.69, 9.17) is 0 Å². The summed E-state index contributed by atoms with van der Waals surface area (Å²) < 4.78 is 0. The Morgan fingerprint density at radius 1 is 1.18 bits per heavy atom. The molecule has 0 radical (unpaired) electrons. The summed E-state index contributed by atoms with van der Waals surface area (Å²) in [7, 11) is 0. The van der Waals surface area contributed by atoms with Crippen LogP contribution in [0.5, 0.6) is 0 Å². The van der Waals surface area contributed by atoms with Crippen molar-refractivity contribution in [2.45, 2.75) is 78.2 Å². The van der Waals surface area contributed by atoms with Crippen LogP contribution in [0.3, 0.4) is 0 Å². The van der Waals surface area contributed by atoms with Gasteiger partial charge in [-0.3, -0.25) is 0 Å². The first kappa shape index (κ1) is 15.0. The lowest BCUT2D eigenvalue weighted by atomic mass is 9.51. The van der Waals surface area contributed by atoms with Crippen molar-refractivity contribution >= 4 is 0 Å². The van der Waals surface area contributed by atoms with Crippen molar-refractivity contribution in [1.29, 1.82) is 0 Å². The molecule has 4 aliphatic carbocycles. The molecule has 1 heteroatoms. The van der Waals surface area contributed by atoms with Crippen LogP contribution in [0, 0.1) is 28.6 Å². The highest BCUT2D eigenvalue weighted by Gasteiger charge is 2.53. The second kappa shape index (κ2) is 4.97. The van der Waals surface area contributed by atoms with Gasteiger partial charge in [-0.1, -0.05) is 44.9 Å². The van der Waals surface area contributed by atoms with E-state index in [1.54, 1.807) is 5.57 Å². The van der Waals surface area contributed by atoms with Crippen LogP contribution in [0.2, 0.25) is 0 Å². The zero-order valence-electron chi connectivity index (χ0n) is 14.6. The summed E-state index contributed by atoms with van der Waals surface area (Å²) in [5.41, 5.74) is 4.43. The van der Waals surface area contributed by atoms with Gasteiger partial charge in [0.25, 0.3) is 0 Å². The normalized spacial score (nSPS) is 50.5. The maximum Gasteiger partial charge on any atom is 0.0546 e. The zero-order chi connectivity index (χ0) is 15.5. The lowest BCUT2D eigenvalue weighted by Gasteiger charge is -2.54. The summed E-state index contributed by atoms with van der Waals surface area (Å²) in [5.74, 6) is 2.26. The van der Waals surface area contributed by atoms with E-state index in [0.717, 1.165) is 24.7 Å². The molecule has 22 heavy (non-hydrogen) atoms. The first-order valence-electron chi connectivity index (χ1n) is 9.59. The topological polar surface area (TPSA) is 20.2 Å². The molecule has 4 aliphatic rings. The third-order valence-corrected chi connectivity index (χ3v) is 8.20. The number of fused-ring (bicyclic) bond motifs is 4. The highest BCUT2D eigenvalue weighted by atomic mass is 16.3. The highest BCUT2D eigenvalue weighted by molar-refractivity contribution is 5.42. The molecule has 6 atom stereocenters. The molecule has 0 bridgehead atoms. The van der Waals surface area contributed by atoms with Crippen LogP contribution in [0.25, 0.3) is 0 Å². The van der Waals surface area contributed by atoms with Gasteiger partial charge in [0.05, 0.1) is 6.10 Å². The molecular formula is C21H32O. The highest BCUT2D eigenvalue weighted by Crippen LogP contribution is 2.63. The summed E-state index contributed by atoms with van der Waals surface area (Å²) in [4.78, 5) is 0. The Morgan fingerprint density at radius 2 is 2.00 bits per heavy atom. The Labute approximate surface area is 135 Å². The van der Waals surface area contributed by atoms with E-state index in [9.17, 15) is 5.11 Å². The minimum atomic E-state index is -0.0678. The third-order valence-electron chi connectivity index (χ3n) is 8.20. The maximum absolute atomic E-state index is 10.1. The average molecular weight is 300 g/mol. The molecule has 0 aromatic heterocycles. The standard InChI is InChI=1S/C21H32O/c1-4-14-6-8-18-17-7-5-15-13-16(22)9-11-21(15,3)19(17)10-12-20(14,18)2/h5,7,14-16,19,22H,4,6,8-13H2,1-3H3/t14-,15?,16?,19-,20+,21-/m0/s1. The molecular weight excluding hydrogens is 268 g/mol. The third kappa shape index (κ3) is 1.87. The van der Waals surface area contributed by atoms with Gasteiger partial charge in [0.15, 0.2) is 0 Å². The lowest BCUT2D eigenvalue weighted by Crippen LogP contribution is -2.46. The van der Waals surface area contributed by atoms with E-state index in [2.05, 4.69) is 32.9 Å². The van der Waals surface area contributed by atoms with Gasteiger partial charge in [0.2, 0.25) is 0 Å². The van der Waals surface area contributed by atoms with E-state index >= 15 is 0 Å². The SMILES string of the molecule is CC[C@H]1CCC2=C3C=CC4CC(O)CC[C@]4(C)[C@H]3CC[C@@]21C. The van der Waals surface area contributed by atoms with E-state index < -0.39 is 0 Å². The van der Waals surface area contributed by atoms with Crippen LogP contribution in [0.4, 0.5) is 0 Å². The van der Waals surface area contributed by atoms with Crippen LogP contribution in [-0.4, -0.2) is 11.2 Å². The first-order valence-corrected chi connectivity index (χ1v) is 9.59. The van der Waals surface area contributed by atoms with Crippen molar-refractivity contribution in [3.63, 3.8) is 0 Å². The second-order valence-electron chi connectivity index (χ2n) is 8.99. The molecule has 122 valence electrons. The zero-order valence-corrected chi connectivity index (χ0v) is 14.6. The largest absolute Gasteiger partial charge is 0.393 e. The molecule has 0 saturated heterocycles. The van der Waals surface area contributed by atoms with Crippen LogP contribution >= 0.6 is 0 Å². The fourth-order valence-corrected chi connectivity index (χ4v) is 6.66. The van der Waals surface area contributed by atoms with E-state index in [0.29, 0.717) is 16.7 Å². The van der Waals surface area contributed by atoms with Gasteiger partial charge in [-0.05, 0) is 79.1 Å². The van der Waals surface area contributed by atoms with Crippen molar-refractivity contribution in [2.75, 3.05) is 0 Å². The van der Waals surface area contributed by atoms with Gasteiger partial charge in [0.1, 0.15) is 0 Å². The van der Waals surface area contributed by atoms with Gasteiger partial charge in [-0.15, -0.1) is 0 Å². The molecule has 0 aromatic carbocycles. The van der Waals surface area contributed by atoms with E-state index in [1.807, 2.05) is 5.57 Å². The average Bonchev–Trinajstić information content (AvgIpc) is 2.84. The molecule has 0 aliphatic heterocycles. The van der Waals surface area contributed by atoms with Crippen molar-refractivity contribution < 1.29 is 5.11 Å². The Hall–Kier alpha value is -0.560. The summed E-state index contributed by atoms with van der Waals surface area (Å²) >= 11 is 0. The quantitative estimate of drug-likeness (QED) is 0.700. The summed E-state index contributed by atoms with van der Waals surface area (Å²) in [6, 6.07) is 0. The van der Waals surface area contributed by atoms with Crippen LogP contribution < -0.4 is 0 Å². The number of aliphatic hydroxyl groups is 1. The van der Waals surface area contributed by atoms with Gasteiger partial charge in [-0.2, -0.15) is 0 Å². The number of aliphatic hydroxyl groups excluding tert-OH is 1. The fraction of sp³-hybridized carbons (Fsp3) is 0.810. The summed E-state index contributed by atoms with van der Waals surface area (Å²) in [5, 5.41) is 10.1. The van der Waals surface area contributed by atoms with Gasteiger partial charge in [-0.25, -0.2) is 0 Å². The molecule has 0 spiro atoms. The maximum atomic E-state index is 10.1. The minimum Gasteiger partial charge on any atom is -0.393 e. The molecule has 2 unspecified atom stereocenters. The number of hydrogen-bond donors (Lipinski definition) is 1. The number of rotatable bonds is 1. The molecule has 4 rings (SSSR count). The van der Waals surface area contributed by atoms with Crippen molar-refractivity contribution in [3.8, 4) is 0 Å².